The summed E-state index contributed by atoms with van der Waals surface area (Å²) in [6, 6.07) is 5.59. The average Bonchev–Trinajstić information content (AvgIpc) is 2.36. The third kappa shape index (κ3) is 2.87. The number of aliphatic hydroxyl groups is 1. The van der Waals surface area contributed by atoms with Crippen LogP contribution in [0.2, 0.25) is 0 Å². The number of benzene rings is 1. The molecule has 1 heterocycles. The molecule has 2 rings (SSSR count). The first-order valence-corrected chi connectivity index (χ1v) is 7.15. The van der Waals surface area contributed by atoms with Gasteiger partial charge in [-0.3, -0.25) is 0 Å². The number of rotatable bonds is 4. The normalized spacial score (nSPS) is 22.8. The molecule has 3 nitrogen and oxygen atoms in total. The molecule has 1 unspecified atom stereocenters. The van der Waals surface area contributed by atoms with E-state index in [1.54, 1.807) is 18.9 Å². The van der Waals surface area contributed by atoms with Crippen LogP contribution >= 0.6 is 11.8 Å². The van der Waals surface area contributed by atoms with E-state index >= 15 is 0 Å². The molecule has 0 aliphatic carbocycles. The zero-order valence-electron chi connectivity index (χ0n) is 10.2. The van der Waals surface area contributed by atoms with Crippen LogP contribution in [0.3, 0.4) is 0 Å². The fraction of sp³-hybridized carbons (Fsp3) is 0.538. The van der Waals surface area contributed by atoms with Gasteiger partial charge in [0, 0.05) is 12.0 Å². The maximum absolute atomic E-state index is 10.1. The fourth-order valence-corrected chi connectivity index (χ4v) is 2.55. The predicted molar refractivity (Wildman–Crippen MR) is 70.0 cm³/mol. The van der Waals surface area contributed by atoms with Gasteiger partial charge in [-0.1, -0.05) is 0 Å². The molecule has 0 bridgehead atoms. The van der Waals surface area contributed by atoms with Crippen LogP contribution in [0, 0.1) is 0 Å². The highest BCUT2D eigenvalue weighted by Crippen LogP contribution is 2.37. The molecule has 0 fully saturated rings. The molecule has 1 N–H and O–H groups in total. The Kier molecular flexibility index (Phi) is 4.18. The van der Waals surface area contributed by atoms with Crippen molar-refractivity contribution in [3.63, 3.8) is 0 Å². The van der Waals surface area contributed by atoms with Gasteiger partial charge in [0.2, 0.25) is 0 Å². The molecule has 2 atom stereocenters. The van der Waals surface area contributed by atoms with Crippen molar-refractivity contribution in [2.75, 3.05) is 19.1 Å². The molecule has 0 aromatic heterocycles. The number of thioether (sulfide) groups is 1. The summed E-state index contributed by atoms with van der Waals surface area (Å²) in [6.45, 7) is 0. The molecule has 1 aromatic carbocycles. The highest BCUT2D eigenvalue weighted by atomic mass is 32.2. The first-order valence-electron chi connectivity index (χ1n) is 5.76. The van der Waals surface area contributed by atoms with E-state index in [0.29, 0.717) is 6.42 Å². The zero-order chi connectivity index (χ0) is 12.3. The number of ether oxygens (including phenoxy) is 2. The first-order chi connectivity index (χ1) is 8.24. The van der Waals surface area contributed by atoms with Crippen molar-refractivity contribution in [3.05, 3.63) is 23.8 Å². The molecule has 0 spiro atoms. The Labute approximate surface area is 106 Å². The molecule has 1 aliphatic heterocycles. The topological polar surface area (TPSA) is 38.7 Å². The number of hydrogen-bond acceptors (Lipinski definition) is 4. The van der Waals surface area contributed by atoms with Gasteiger partial charge in [-0.15, -0.1) is 0 Å². The van der Waals surface area contributed by atoms with Crippen LogP contribution in [-0.4, -0.2) is 30.3 Å². The van der Waals surface area contributed by atoms with E-state index in [1.807, 2.05) is 18.2 Å². The zero-order valence-corrected chi connectivity index (χ0v) is 11.0. The minimum absolute atomic E-state index is 0.123. The van der Waals surface area contributed by atoms with E-state index in [4.69, 9.17) is 9.47 Å². The summed E-state index contributed by atoms with van der Waals surface area (Å²) in [5.41, 5.74) is 0.838. The van der Waals surface area contributed by atoms with Crippen molar-refractivity contribution in [2.24, 2.45) is 0 Å². The van der Waals surface area contributed by atoms with Gasteiger partial charge in [0.25, 0.3) is 0 Å². The minimum atomic E-state index is -0.444. The lowest BCUT2D eigenvalue weighted by Gasteiger charge is -2.29. The third-order valence-corrected chi connectivity index (χ3v) is 3.64. The van der Waals surface area contributed by atoms with E-state index in [2.05, 4.69) is 6.26 Å². The summed E-state index contributed by atoms with van der Waals surface area (Å²) >= 11 is 1.80. The summed E-state index contributed by atoms with van der Waals surface area (Å²) in [5.74, 6) is 2.60. The summed E-state index contributed by atoms with van der Waals surface area (Å²) in [5, 5.41) is 10.1. The first kappa shape index (κ1) is 12.6. The largest absolute Gasteiger partial charge is 0.497 e. The van der Waals surface area contributed by atoms with E-state index in [1.165, 1.54) is 0 Å². The van der Waals surface area contributed by atoms with Gasteiger partial charge in [0.1, 0.15) is 17.6 Å². The molecule has 94 valence electrons. The van der Waals surface area contributed by atoms with E-state index in [0.717, 1.165) is 29.2 Å². The van der Waals surface area contributed by atoms with Gasteiger partial charge in [0.15, 0.2) is 0 Å². The lowest BCUT2D eigenvalue weighted by molar-refractivity contribution is 0.0646. The molecule has 0 amide bonds. The molecule has 0 saturated heterocycles. The van der Waals surface area contributed by atoms with Crippen LogP contribution < -0.4 is 9.47 Å². The Hall–Kier alpha value is -0.870. The van der Waals surface area contributed by atoms with Crippen molar-refractivity contribution < 1.29 is 14.6 Å². The third-order valence-electron chi connectivity index (χ3n) is 3.00. The summed E-state index contributed by atoms with van der Waals surface area (Å²) in [6.07, 6.45) is 3.40. The second kappa shape index (κ2) is 5.65. The van der Waals surface area contributed by atoms with Crippen LogP contribution in [0.1, 0.15) is 24.5 Å². The number of methoxy groups -OCH3 is 1. The maximum Gasteiger partial charge on any atom is 0.125 e. The Morgan fingerprint density at radius 2 is 2.35 bits per heavy atom. The van der Waals surface area contributed by atoms with Gasteiger partial charge in [-0.2, -0.15) is 11.8 Å². The van der Waals surface area contributed by atoms with E-state index < -0.39 is 6.10 Å². The lowest BCUT2D eigenvalue weighted by atomic mass is 9.97. The molecule has 0 radical (unpaired) electrons. The SMILES string of the molecule is COc1ccc2c(c1)[C@H](O)CC(CCSC)O2. The molecular formula is C13H18O3S. The molecule has 1 aliphatic rings. The smallest absolute Gasteiger partial charge is 0.125 e. The van der Waals surface area contributed by atoms with Crippen LogP contribution in [0.4, 0.5) is 0 Å². The van der Waals surface area contributed by atoms with Crippen molar-refractivity contribution in [3.8, 4) is 11.5 Å². The second-order valence-corrected chi connectivity index (χ2v) is 5.16. The minimum Gasteiger partial charge on any atom is -0.497 e. The Bertz CT molecular complexity index is 381. The van der Waals surface area contributed by atoms with Gasteiger partial charge in [0.05, 0.1) is 13.2 Å². The molecule has 17 heavy (non-hydrogen) atoms. The quantitative estimate of drug-likeness (QED) is 0.896. The molecule has 0 saturated carbocycles. The molecule has 1 aromatic rings. The van der Waals surface area contributed by atoms with Gasteiger partial charge in [-0.25, -0.2) is 0 Å². The Morgan fingerprint density at radius 3 is 3.06 bits per heavy atom. The van der Waals surface area contributed by atoms with Gasteiger partial charge < -0.3 is 14.6 Å². The highest BCUT2D eigenvalue weighted by molar-refractivity contribution is 7.98. The van der Waals surface area contributed by atoms with Crippen molar-refractivity contribution in [1.29, 1.82) is 0 Å². The number of hydrogen-bond donors (Lipinski definition) is 1. The van der Waals surface area contributed by atoms with Gasteiger partial charge >= 0.3 is 0 Å². The highest BCUT2D eigenvalue weighted by Gasteiger charge is 2.26. The van der Waals surface area contributed by atoms with Crippen molar-refractivity contribution in [1.82, 2.24) is 0 Å². The van der Waals surface area contributed by atoms with Crippen LogP contribution in [0.15, 0.2) is 18.2 Å². The van der Waals surface area contributed by atoms with Crippen molar-refractivity contribution in [2.45, 2.75) is 25.0 Å². The van der Waals surface area contributed by atoms with Crippen LogP contribution in [0.25, 0.3) is 0 Å². The van der Waals surface area contributed by atoms with E-state index in [-0.39, 0.29) is 6.10 Å². The van der Waals surface area contributed by atoms with Gasteiger partial charge in [-0.05, 0) is 36.6 Å². The lowest BCUT2D eigenvalue weighted by Crippen LogP contribution is -2.26. The Morgan fingerprint density at radius 1 is 1.53 bits per heavy atom. The molecule has 4 heteroatoms. The summed E-state index contributed by atoms with van der Waals surface area (Å²) in [4.78, 5) is 0. The standard InChI is InChI=1S/C13H18O3S/c1-15-9-3-4-13-11(7-9)12(14)8-10(16-13)5-6-17-2/h3-4,7,10,12,14H,5-6,8H2,1-2H3/t10?,12-/m1/s1. The molecular weight excluding hydrogens is 236 g/mol. The fourth-order valence-electron chi connectivity index (χ4n) is 2.05. The van der Waals surface area contributed by atoms with E-state index in [9.17, 15) is 5.11 Å². The summed E-state index contributed by atoms with van der Waals surface area (Å²) in [7, 11) is 1.62. The van der Waals surface area contributed by atoms with Crippen LogP contribution in [0.5, 0.6) is 11.5 Å². The predicted octanol–water partition coefficient (Wildman–Crippen LogP) is 2.63. The second-order valence-electron chi connectivity index (χ2n) is 4.18. The summed E-state index contributed by atoms with van der Waals surface area (Å²) < 4.78 is 11.0. The van der Waals surface area contributed by atoms with Crippen LogP contribution in [-0.2, 0) is 0 Å². The monoisotopic (exact) mass is 254 g/mol. The average molecular weight is 254 g/mol. The maximum atomic E-state index is 10.1. The number of aliphatic hydroxyl groups excluding tert-OH is 1. The Balaban J connectivity index is 2.14. The van der Waals surface area contributed by atoms with Crippen molar-refractivity contribution >= 4 is 11.8 Å². The number of fused-ring (bicyclic) bond motifs is 1.